The maximum Gasteiger partial charge on any atom is 0.165 e. The number of hydrazine groups is 1. The molecule has 0 unspecified atom stereocenters. The highest BCUT2D eigenvalue weighted by molar-refractivity contribution is 5.80. The molecule has 1 aliphatic rings. The van der Waals surface area contributed by atoms with Gasteiger partial charge in [-0.3, -0.25) is 4.99 Å². The summed E-state index contributed by atoms with van der Waals surface area (Å²) in [6, 6.07) is 8.34. The lowest BCUT2D eigenvalue weighted by Gasteiger charge is -2.11. The molecule has 26 heavy (non-hydrogen) atoms. The van der Waals surface area contributed by atoms with Crippen molar-refractivity contribution in [3.05, 3.63) is 58.3 Å². The minimum Gasteiger partial charge on any atom is -0.404 e. The fourth-order valence-electron chi connectivity index (χ4n) is 3.25. The van der Waals surface area contributed by atoms with Crippen LogP contribution in [0.25, 0.3) is 0 Å². The van der Waals surface area contributed by atoms with Gasteiger partial charge in [-0.1, -0.05) is 18.2 Å². The van der Waals surface area contributed by atoms with Gasteiger partial charge in [0.15, 0.2) is 5.82 Å². The molecule has 7 nitrogen and oxygen atoms in total. The van der Waals surface area contributed by atoms with E-state index in [1.807, 2.05) is 0 Å². The van der Waals surface area contributed by atoms with E-state index in [0.29, 0.717) is 30.3 Å². The zero-order chi connectivity index (χ0) is 18.5. The summed E-state index contributed by atoms with van der Waals surface area (Å²) < 4.78 is 0. The van der Waals surface area contributed by atoms with Crippen LogP contribution in [-0.2, 0) is 25.8 Å². The molecule has 9 N–H and O–H groups in total. The van der Waals surface area contributed by atoms with Crippen molar-refractivity contribution < 1.29 is 0 Å². The molecule has 1 heterocycles. The molecule has 1 aliphatic carbocycles. The molecule has 0 spiro atoms. The summed E-state index contributed by atoms with van der Waals surface area (Å²) in [4.78, 5) is 8.58. The van der Waals surface area contributed by atoms with Gasteiger partial charge < -0.3 is 22.6 Å². The highest BCUT2D eigenvalue weighted by Gasteiger charge is 2.11. The first kappa shape index (κ1) is 17.8. The summed E-state index contributed by atoms with van der Waals surface area (Å²) in [5.74, 6) is 6.12. The highest BCUT2D eigenvalue weighted by Crippen LogP contribution is 2.25. The summed E-state index contributed by atoms with van der Waals surface area (Å²) in [5, 5.41) is 0. The second-order valence-corrected chi connectivity index (χ2v) is 6.46. The van der Waals surface area contributed by atoms with Crippen molar-refractivity contribution >= 4 is 23.5 Å². The number of aryl methyl sites for hydroxylation is 2. The quantitative estimate of drug-likeness (QED) is 0.304. The standard InChI is InChI=1S/C19H25N7/c20-9-13(7-16-8-17(21)25-19(26-23)18(16)22)11-24-10-12-4-5-14-2-1-3-15(14)6-12/h4-6,8-9,11H,1-3,7,10,20,22-23H2,(H3,21,25,26). The second-order valence-electron chi connectivity index (χ2n) is 6.46. The fraction of sp³-hybridized carbons (Fsp3) is 0.263. The van der Waals surface area contributed by atoms with Crippen molar-refractivity contribution in [3.63, 3.8) is 0 Å². The van der Waals surface area contributed by atoms with Gasteiger partial charge in [0, 0.05) is 12.6 Å². The summed E-state index contributed by atoms with van der Waals surface area (Å²) in [7, 11) is 0. The van der Waals surface area contributed by atoms with E-state index in [1.54, 1.807) is 12.3 Å². The Kier molecular flexibility index (Phi) is 5.38. The number of aliphatic imine (C=N–C) groups is 1. The number of anilines is 3. The third-order valence-corrected chi connectivity index (χ3v) is 4.60. The van der Waals surface area contributed by atoms with Gasteiger partial charge in [0.25, 0.3) is 0 Å². The highest BCUT2D eigenvalue weighted by atomic mass is 15.3. The van der Waals surface area contributed by atoms with Crippen LogP contribution in [0.15, 0.2) is 41.0 Å². The van der Waals surface area contributed by atoms with Gasteiger partial charge in [-0.2, -0.15) is 0 Å². The minimum atomic E-state index is 0.341. The van der Waals surface area contributed by atoms with Crippen LogP contribution in [0.2, 0.25) is 0 Å². The number of rotatable bonds is 6. The molecule has 1 aromatic carbocycles. The molecule has 0 radical (unpaired) electrons. The lowest BCUT2D eigenvalue weighted by Crippen LogP contribution is -2.14. The molecule has 3 rings (SSSR count). The Hall–Kier alpha value is -3.06. The van der Waals surface area contributed by atoms with Gasteiger partial charge in [0.05, 0.1) is 12.2 Å². The monoisotopic (exact) mass is 351 g/mol. The predicted octanol–water partition coefficient (Wildman–Crippen LogP) is 1.68. The number of nitrogens with one attached hydrogen (secondary N) is 1. The number of aromatic nitrogens is 1. The molecule has 0 saturated heterocycles. The van der Waals surface area contributed by atoms with Crippen LogP contribution in [0.4, 0.5) is 17.3 Å². The van der Waals surface area contributed by atoms with Crippen molar-refractivity contribution in [2.24, 2.45) is 16.6 Å². The third-order valence-electron chi connectivity index (χ3n) is 4.60. The Labute approximate surface area is 153 Å². The Balaban J connectivity index is 1.68. The molecule has 0 atom stereocenters. The minimum absolute atomic E-state index is 0.341. The molecular formula is C19H25N7. The van der Waals surface area contributed by atoms with Gasteiger partial charge in [-0.05, 0) is 59.4 Å². The van der Waals surface area contributed by atoms with E-state index >= 15 is 0 Å². The topological polar surface area (TPSA) is 141 Å². The molecule has 1 aromatic heterocycles. The number of benzene rings is 1. The van der Waals surface area contributed by atoms with Crippen molar-refractivity contribution in [1.82, 2.24) is 4.98 Å². The predicted molar refractivity (Wildman–Crippen MR) is 108 cm³/mol. The van der Waals surface area contributed by atoms with Crippen molar-refractivity contribution in [2.45, 2.75) is 32.2 Å². The Morgan fingerprint density at radius 1 is 1.19 bits per heavy atom. The second kappa shape index (κ2) is 7.88. The largest absolute Gasteiger partial charge is 0.404 e. The average molecular weight is 351 g/mol. The van der Waals surface area contributed by atoms with E-state index in [9.17, 15) is 0 Å². The molecule has 0 amide bonds. The van der Waals surface area contributed by atoms with Gasteiger partial charge in [0.1, 0.15) is 5.82 Å². The summed E-state index contributed by atoms with van der Waals surface area (Å²) in [6.07, 6.45) is 7.41. The lowest BCUT2D eigenvalue weighted by atomic mass is 10.1. The van der Waals surface area contributed by atoms with Crippen LogP contribution in [-0.4, -0.2) is 11.2 Å². The number of hydrogen-bond acceptors (Lipinski definition) is 7. The number of fused-ring (bicyclic) bond motifs is 1. The SMILES string of the molecule is NC=C(C=NCc1ccc2c(c1)CCC2)Cc1cc(N)nc(NN)c1N. The zero-order valence-corrected chi connectivity index (χ0v) is 14.7. The maximum absolute atomic E-state index is 6.06. The van der Waals surface area contributed by atoms with Crippen LogP contribution in [0.5, 0.6) is 0 Å². The van der Waals surface area contributed by atoms with Gasteiger partial charge in [-0.15, -0.1) is 0 Å². The molecule has 2 aromatic rings. The van der Waals surface area contributed by atoms with E-state index < -0.39 is 0 Å². The van der Waals surface area contributed by atoms with Crippen molar-refractivity contribution in [2.75, 3.05) is 16.9 Å². The first-order chi connectivity index (χ1) is 12.6. The van der Waals surface area contributed by atoms with E-state index in [0.717, 1.165) is 11.1 Å². The maximum atomic E-state index is 6.06. The molecule has 0 aliphatic heterocycles. The van der Waals surface area contributed by atoms with E-state index in [1.165, 1.54) is 42.2 Å². The first-order valence-electron chi connectivity index (χ1n) is 8.63. The number of allylic oxidation sites excluding steroid dienone is 1. The third kappa shape index (κ3) is 3.94. The molecule has 136 valence electrons. The van der Waals surface area contributed by atoms with E-state index in [2.05, 4.69) is 33.6 Å². The number of pyridine rings is 1. The fourth-order valence-corrected chi connectivity index (χ4v) is 3.25. The van der Waals surface area contributed by atoms with Crippen molar-refractivity contribution in [3.8, 4) is 0 Å². The molecule has 0 bridgehead atoms. The normalized spacial score (nSPS) is 14.0. The van der Waals surface area contributed by atoms with E-state index in [4.69, 9.17) is 23.0 Å². The Morgan fingerprint density at radius 3 is 2.77 bits per heavy atom. The van der Waals surface area contributed by atoms with Gasteiger partial charge >= 0.3 is 0 Å². The van der Waals surface area contributed by atoms with Gasteiger partial charge in [0.2, 0.25) is 0 Å². The zero-order valence-electron chi connectivity index (χ0n) is 14.7. The number of nitrogens with zero attached hydrogens (tertiary/aromatic N) is 2. The Bertz CT molecular complexity index is 855. The molecule has 0 saturated carbocycles. The number of hydrogen-bond donors (Lipinski definition) is 5. The Morgan fingerprint density at radius 2 is 2.00 bits per heavy atom. The van der Waals surface area contributed by atoms with Crippen molar-refractivity contribution in [1.29, 1.82) is 0 Å². The van der Waals surface area contributed by atoms with E-state index in [-0.39, 0.29) is 0 Å². The van der Waals surface area contributed by atoms with Gasteiger partial charge in [-0.25, -0.2) is 10.8 Å². The summed E-state index contributed by atoms with van der Waals surface area (Å²) in [6.45, 7) is 0.619. The molecular weight excluding hydrogens is 326 g/mol. The molecule has 0 fully saturated rings. The number of nitrogens with two attached hydrogens (primary N) is 4. The lowest BCUT2D eigenvalue weighted by molar-refractivity contribution is 0.911. The molecule has 7 heteroatoms. The number of nitrogen functional groups attached to an aromatic ring is 3. The summed E-state index contributed by atoms with van der Waals surface area (Å²) in [5.41, 5.74) is 26.3. The summed E-state index contributed by atoms with van der Waals surface area (Å²) >= 11 is 0. The van der Waals surface area contributed by atoms with Crippen LogP contribution in [0.1, 0.15) is 28.7 Å². The van der Waals surface area contributed by atoms with Crippen LogP contribution in [0, 0.1) is 0 Å². The van der Waals surface area contributed by atoms with Crippen LogP contribution in [0.3, 0.4) is 0 Å². The van der Waals surface area contributed by atoms with Crippen LogP contribution < -0.4 is 28.5 Å². The average Bonchev–Trinajstić information content (AvgIpc) is 3.11. The first-order valence-corrected chi connectivity index (χ1v) is 8.63. The smallest absolute Gasteiger partial charge is 0.165 e. The van der Waals surface area contributed by atoms with Crippen LogP contribution >= 0.6 is 0 Å².